The summed E-state index contributed by atoms with van der Waals surface area (Å²) in [6.07, 6.45) is 0. The Morgan fingerprint density at radius 1 is 1.33 bits per heavy atom. The maximum absolute atomic E-state index is 12.8. The van der Waals surface area contributed by atoms with E-state index in [0.29, 0.717) is 17.6 Å². The molecule has 2 heterocycles. The second-order valence-corrected chi connectivity index (χ2v) is 5.56. The van der Waals surface area contributed by atoms with Crippen molar-refractivity contribution in [3.63, 3.8) is 0 Å². The Morgan fingerprint density at radius 2 is 2.08 bits per heavy atom. The van der Waals surface area contributed by atoms with Gasteiger partial charge in [-0.15, -0.1) is 0 Å². The van der Waals surface area contributed by atoms with Crippen LogP contribution in [0.3, 0.4) is 0 Å². The predicted octanol–water partition coefficient (Wildman–Crippen LogP) is -1.22. The van der Waals surface area contributed by atoms with Crippen molar-refractivity contribution in [1.82, 2.24) is 19.8 Å². The van der Waals surface area contributed by atoms with Crippen molar-refractivity contribution in [2.75, 3.05) is 13.1 Å². The molecule has 1 aromatic heterocycles. The topological polar surface area (TPSA) is 130 Å². The highest BCUT2D eigenvalue weighted by molar-refractivity contribution is 6.02. The van der Waals surface area contributed by atoms with Crippen LogP contribution in [0.15, 0.2) is 23.0 Å². The molecule has 3 amide bonds. The van der Waals surface area contributed by atoms with Gasteiger partial charge < -0.3 is 20.9 Å². The van der Waals surface area contributed by atoms with E-state index in [0.717, 1.165) is 4.90 Å². The number of aromatic amines is 1. The van der Waals surface area contributed by atoms with E-state index in [1.807, 2.05) is 6.92 Å². The molecule has 2 aromatic rings. The summed E-state index contributed by atoms with van der Waals surface area (Å²) in [5, 5.41) is 2.52. The fourth-order valence-electron chi connectivity index (χ4n) is 2.87. The lowest BCUT2D eigenvalue weighted by atomic mass is 10.1. The number of amides is 3. The molecule has 24 heavy (non-hydrogen) atoms. The number of aryl methyl sites for hydroxylation is 1. The second kappa shape index (κ2) is 5.84. The van der Waals surface area contributed by atoms with Crippen molar-refractivity contribution in [2.45, 2.75) is 19.5 Å². The van der Waals surface area contributed by atoms with Crippen LogP contribution in [0.4, 0.5) is 0 Å². The van der Waals surface area contributed by atoms with Gasteiger partial charge in [0.05, 0.1) is 11.0 Å². The smallest absolute Gasteiger partial charge is 0.326 e. The van der Waals surface area contributed by atoms with Crippen LogP contribution in [-0.4, -0.2) is 51.3 Å². The fourth-order valence-corrected chi connectivity index (χ4v) is 2.87. The molecule has 126 valence electrons. The monoisotopic (exact) mass is 331 g/mol. The number of fused-ring (bicyclic) bond motifs is 1. The minimum atomic E-state index is -0.898. The van der Waals surface area contributed by atoms with E-state index in [2.05, 4.69) is 10.3 Å². The van der Waals surface area contributed by atoms with Crippen LogP contribution in [0.5, 0.6) is 0 Å². The van der Waals surface area contributed by atoms with Crippen molar-refractivity contribution in [1.29, 1.82) is 0 Å². The first-order valence-corrected chi connectivity index (χ1v) is 7.52. The Bertz CT molecular complexity index is 897. The van der Waals surface area contributed by atoms with Gasteiger partial charge in [-0.1, -0.05) is 0 Å². The van der Waals surface area contributed by atoms with Crippen LogP contribution >= 0.6 is 0 Å². The van der Waals surface area contributed by atoms with Gasteiger partial charge >= 0.3 is 5.69 Å². The number of nitrogens with zero attached hydrogens (tertiary/aromatic N) is 2. The second-order valence-electron chi connectivity index (χ2n) is 5.56. The van der Waals surface area contributed by atoms with Gasteiger partial charge in [-0.25, -0.2) is 4.79 Å². The number of H-pyrrole nitrogens is 1. The van der Waals surface area contributed by atoms with Crippen LogP contribution in [-0.2, 0) is 16.1 Å². The number of benzene rings is 1. The summed E-state index contributed by atoms with van der Waals surface area (Å²) in [7, 11) is 0. The van der Waals surface area contributed by atoms with Crippen LogP contribution in [0.2, 0.25) is 0 Å². The maximum Gasteiger partial charge on any atom is 0.326 e. The van der Waals surface area contributed by atoms with E-state index in [4.69, 9.17) is 5.73 Å². The number of carbonyl (C=O) groups excluding carboxylic acids is 3. The summed E-state index contributed by atoms with van der Waals surface area (Å²) in [6.45, 7) is 2.03. The van der Waals surface area contributed by atoms with Gasteiger partial charge in [-0.05, 0) is 25.1 Å². The molecule has 1 unspecified atom stereocenters. The number of hydrogen-bond acceptors (Lipinski definition) is 4. The quantitative estimate of drug-likeness (QED) is 0.650. The number of rotatable bonds is 3. The van der Waals surface area contributed by atoms with Gasteiger partial charge in [0.15, 0.2) is 0 Å². The van der Waals surface area contributed by atoms with Crippen molar-refractivity contribution in [2.24, 2.45) is 5.73 Å². The van der Waals surface area contributed by atoms with Crippen LogP contribution in [0.1, 0.15) is 17.3 Å². The average Bonchev–Trinajstić information content (AvgIpc) is 2.87. The zero-order valence-corrected chi connectivity index (χ0v) is 13.0. The molecule has 0 radical (unpaired) electrons. The highest BCUT2D eigenvalue weighted by atomic mass is 16.2. The SMILES string of the molecule is CCn1c(=O)[nH]c2ccc(C(=O)N3CC(=O)NCC3C(N)=O)cc21. The molecule has 9 nitrogen and oxygen atoms in total. The summed E-state index contributed by atoms with van der Waals surface area (Å²) in [5.74, 6) is -1.52. The van der Waals surface area contributed by atoms with E-state index in [1.54, 1.807) is 18.2 Å². The fraction of sp³-hybridized carbons (Fsp3) is 0.333. The summed E-state index contributed by atoms with van der Waals surface area (Å²) in [4.78, 5) is 51.6. The van der Waals surface area contributed by atoms with Crippen LogP contribution in [0.25, 0.3) is 11.0 Å². The van der Waals surface area contributed by atoms with Gasteiger partial charge in [0, 0.05) is 18.7 Å². The molecule has 9 heteroatoms. The minimum Gasteiger partial charge on any atom is -0.368 e. The molecule has 1 aliphatic heterocycles. The number of nitrogens with one attached hydrogen (secondary N) is 2. The largest absolute Gasteiger partial charge is 0.368 e. The highest BCUT2D eigenvalue weighted by Crippen LogP contribution is 2.17. The molecule has 1 saturated heterocycles. The third-order valence-electron chi connectivity index (χ3n) is 4.11. The van der Waals surface area contributed by atoms with Crippen LogP contribution in [0, 0.1) is 0 Å². The Kier molecular flexibility index (Phi) is 3.84. The Labute approximate surface area is 136 Å². The van der Waals surface area contributed by atoms with E-state index in [-0.39, 0.29) is 30.2 Å². The molecule has 3 rings (SSSR count). The van der Waals surface area contributed by atoms with E-state index in [9.17, 15) is 19.2 Å². The Balaban J connectivity index is 2.02. The summed E-state index contributed by atoms with van der Waals surface area (Å²) >= 11 is 0. The number of aromatic nitrogens is 2. The molecule has 4 N–H and O–H groups in total. The highest BCUT2D eigenvalue weighted by Gasteiger charge is 2.34. The number of nitrogens with two attached hydrogens (primary N) is 1. The first kappa shape index (κ1) is 15.8. The predicted molar refractivity (Wildman–Crippen MR) is 85.3 cm³/mol. The van der Waals surface area contributed by atoms with Crippen molar-refractivity contribution in [3.8, 4) is 0 Å². The standard InChI is InChI=1S/C15H17N5O4/c1-2-19-10-5-8(3-4-9(10)18-15(19)24)14(23)20-7-12(21)17-6-11(20)13(16)22/h3-5,11H,2,6-7H2,1H3,(H2,16,22)(H,17,21)(H,18,24). The molecule has 0 bridgehead atoms. The molecule has 0 aliphatic carbocycles. The zero-order chi connectivity index (χ0) is 17.4. The first-order valence-electron chi connectivity index (χ1n) is 7.52. The van der Waals surface area contributed by atoms with Gasteiger partial charge in [-0.2, -0.15) is 0 Å². The van der Waals surface area contributed by atoms with Gasteiger partial charge in [-0.3, -0.25) is 19.0 Å². The molecule has 0 spiro atoms. The normalized spacial score (nSPS) is 17.8. The molecular formula is C15H17N5O4. The third-order valence-corrected chi connectivity index (χ3v) is 4.11. The molecule has 1 atom stereocenters. The maximum atomic E-state index is 12.8. The van der Waals surface area contributed by atoms with E-state index in [1.165, 1.54) is 4.57 Å². The van der Waals surface area contributed by atoms with Gasteiger partial charge in [0.25, 0.3) is 5.91 Å². The lowest BCUT2D eigenvalue weighted by molar-refractivity contribution is -0.129. The number of hydrogen-bond donors (Lipinski definition) is 3. The lowest BCUT2D eigenvalue weighted by Crippen LogP contribution is -2.60. The number of carbonyl (C=O) groups is 3. The molecular weight excluding hydrogens is 314 g/mol. The summed E-state index contributed by atoms with van der Waals surface area (Å²) in [6, 6.07) is 3.85. The minimum absolute atomic E-state index is 0.00796. The summed E-state index contributed by atoms with van der Waals surface area (Å²) < 4.78 is 1.50. The Morgan fingerprint density at radius 3 is 2.75 bits per heavy atom. The molecule has 1 fully saturated rings. The third kappa shape index (κ3) is 2.53. The molecule has 1 aliphatic rings. The van der Waals surface area contributed by atoms with E-state index < -0.39 is 17.9 Å². The van der Waals surface area contributed by atoms with Crippen molar-refractivity contribution >= 4 is 28.8 Å². The lowest BCUT2D eigenvalue weighted by Gasteiger charge is -2.33. The Hall–Kier alpha value is -3.10. The average molecular weight is 331 g/mol. The summed E-state index contributed by atoms with van der Waals surface area (Å²) in [5.41, 5.74) is 6.55. The molecule has 0 saturated carbocycles. The zero-order valence-electron chi connectivity index (χ0n) is 13.0. The molecule has 1 aromatic carbocycles. The van der Waals surface area contributed by atoms with Crippen LogP contribution < -0.4 is 16.7 Å². The number of primary amides is 1. The van der Waals surface area contributed by atoms with Gasteiger partial charge in [0.2, 0.25) is 11.8 Å². The number of piperazine rings is 1. The van der Waals surface area contributed by atoms with E-state index >= 15 is 0 Å². The number of imidazole rings is 1. The first-order chi connectivity index (χ1) is 11.4. The van der Waals surface area contributed by atoms with Crippen molar-refractivity contribution < 1.29 is 14.4 Å². The van der Waals surface area contributed by atoms with Gasteiger partial charge in [0.1, 0.15) is 12.6 Å². The van der Waals surface area contributed by atoms with Crippen molar-refractivity contribution in [3.05, 3.63) is 34.2 Å².